The summed E-state index contributed by atoms with van der Waals surface area (Å²) in [5, 5.41) is 0. The zero-order valence-electron chi connectivity index (χ0n) is 15.5. The fourth-order valence-electron chi connectivity index (χ4n) is 3.12. The highest BCUT2D eigenvalue weighted by molar-refractivity contribution is 6.17. The molecule has 0 aliphatic heterocycles. The summed E-state index contributed by atoms with van der Waals surface area (Å²) < 4.78 is 1.29. The molecular weight excluding hydrogens is 405 g/mol. The van der Waals surface area contributed by atoms with E-state index >= 15 is 0 Å². The predicted octanol–water partition coefficient (Wildman–Crippen LogP) is 3.40. The average molecular weight is 446 g/mol. The maximum atomic E-state index is 5.85. The molecule has 0 aromatic heterocycles. The third-order valence-corrected chi connectivity index (χ3v) is 4.95. The van der Waals surface area contributed by atoms with Crippen LogP contribution in [0.1, 0.15) is 90.9 Å². The third kappa shape index (κ3) is 15.9. The summed E-state index contributed by atoms with van der Waals surface area (Å²) in [7, 11) is 2.48. The SMILES string of the molecule is CCCCCCC[N+](C)(CCCCCl)CCCCCCC.[I-]. The van der Waals surface area contributed by atoms with Gasteiger partial charge < -0.3 is 28.5 Å². The Morgan fingerprint density at radius 3 is 1.32 bits per heavy atom. The van der Waals surface area contributed by atoms with Gasteiger partial charge in [0.1, 0.15) is 0 Å². The molecule has 0 aromatic carbocycles. The van der Waals surface area contributed by atoms with Crippen LogP contribution in [-0.4, -0.2) is 37.0 Å². The summed E-state index contributed by atoms with van der Waals surface area (Å²) in [4.78, 5) is 0. The monoisotopic (exact) mass is 445 g/mol. The van der Waals surface area contributed by atoms with E-state index in [2.05, 4.69) is 20.9 Å². The molecule has 136 valence electrons. The molecule has 0 saturated carbocycles. The van der Waals surface area contributed by atoms with Crippen LogP contribution in [0.5, 0.6) is 0 Å². The van der Waals surface area contributed by atoms with E-state index in [0.717, 1.165) is 5.88 Å². The van der Waals surface area contributed by atoms with E-state index < -0.39 is 0 Å². The largest absolute Gasteiger partial charge is 1.00 e. The molecule has 0 aliphatic rings. The number of quaternary nitrogens is 1. The topological polar surface area (TPSA) is 0 Å². The molecule has 0 bridgehead atoms. The number of rotatable bonds is 16. The molecule has 0 fully saturated rings. The van der Waals surface area contributed by atoms with Gasteiger partial charge in [-0.05, 0) is 38.5 Å². The van der Waals surface area contributed by atoms with Crippen LogP contribution in [0.4, 0.5) is 0 Å². The Kier molecular flexibility index (Phi) is 21.0. The molecule has 0 radical (unpaired) electrons. The van der Waals surface area contributed by atoms with Crippen LogP contribution in [0.25, 0.3) is 0 Å². The summed E-state index contributed by atoms with van der Waals surface area (Å²) in [6.07, 6.45) is 16.5. The van der Waals surface area contributed by atoms with Crippen molar-refractivity contribution < 1.29 is 28.5 Å². The predicted molar refractivity (Wildman–Crippen MR) is 98.3 cm³/mol. The van der Waals surface area contributed by atoms with Crippen molar-refractivity contribution in [1.29, 1.82) is 0 Å². The van der Waals surface area contributed by atoms with Gasteiger partial charge in [0.15, 0.2) is 0 Å². The molecule has 0 aromatic rings. The molecule has 0 unspecified atom stereocenters. The molecule has 0 N–H and O–H groups in total. The first kappa shape index (κ1) is 25.2. The second-order valence-electron chi connectivity index (χ2n) is 7.01. The van der Waals surface area contributed by atoms with E-state index in [4.69, 9.17) is 11.6 Å². The Hall–Kier alpha value is 0.980. The van der Waals surface area contributed by atoms with Gasteiger partial charge in [0.05, 0.1) is 26.7 Å². The minimum absolute atomic E-state index is 0. The van der Waals surface area contributed by atoms with E-state index in [1.807, 2.05) is 0 Å². The Morgan fingerprint density at radius 2 is 0.955 bits per heavy atom. The minimum atomic E-state index is 0. The van der Waals surface area contributed by atoms with Gasteiger partial charge in [-0.25, -0.2) is 0 Å². The van der Waals surface area contributed by atoms with Crippen LogP contribution in [0.3, 0.4) is 0 Å². The standard InChI is InChI=1S/C19H41ClN.HI/c1-4-6-8-10-13-17-21(3,19-15-12-16-20)18-14-11-9-7-5-2;/h4-19H2,1-3H3;1H/q+1;/p-1. The first-order valence-corrected chi connectivity index (χ1v) is 10.1. The van der Waals surface area contributed by atoms with E-state index in [-0.39, 0.29) is 24.0 Å². The number of nitrogens with zero attached hydrogens (tertiary/aromatic N) is 1. The lowest BCUT2D eigenvalue weighted by Crippen LogP contribution is -3.00. The number of unbranched alkanes of at least 4 members (excludes halogenated alkanes) is 9. The van der Waals surface area contributed by atoms with E-state index in [1.54, 1.807) is 0 Å². The van der Waals surface area contributed by atoms with Crippen molar-refractivity contribution in [3.63, 3.8) is 0 Å². The van der Waals surface area contributed by atoms with Crippen LogP contribution in [0.2, 0.25) is 0 Å². The van der Waals surface area contributed by atoms with Gasteiger partial charge in [-0.1, -0.05) is 52.4 Å². The second-order valence-corrected chi connectivity index (χ2v) is 7.39. The highest BCUT2D eigenvalue weighted by atomic mass is 127. The van der Waals surface area contributed by atoms with Crippen molar-refractivity contribution in [2.24, 2.45) is 0 Å². The van der Waals surface area contributed by atoms with Gasteiger partial charge in [0.2, 0.25) is 0 Å². The molecule has 1 nitrogen and oxygen atoms in total. The number of halogens is 2. The lowest BCUT2D eigenvalue weighted by Gasteiger charge is -2.35. The Labute approximate surface area is 163 Å². The highest BCUT2D eigenvalue weighted by Gasteiger charge is 2.19. The van der Waals surface area contributed by atoms with Gasteiger partial charge in [0.25, 0.3) is 0 Å². The quantitative estimate of drug-likeness (QED) is 0.148. The summed E-state index contributed by atoms with van der Waals surface area (Å²) >= 11 is 5.85. The number of hydrogen-bond donors (Lipinski definition) is 0. The number of alkyl halides is 1. The van der Waals surface area contributed by atoms with Crippen molar-refractivity contribution in [3.8, 4) is 0 Å². The first-order chi connectivity index (χ1) is 10.2. The second kappa shape index (κ2) is 18.3. The van der Waals surface area contributed by atoms with Gasteiger partial charge in [-0.3, -0.25) is 0 Å². The van der Waals surface area contributed by atoms with Crippen molar-refractivity contribution in [3.05, 3.63) is 0 Å². The van der Waals surface area contributed by atoms with Crippen molar-refractivity contribution >= 4 is 11.6 Å². The van der Waals surface area contributed by atoms with E-state index in [9.17, 15) is 0 Å². The van der Waals surface area contributed by atoms with Crippen LogP contribution in [-0.2, 0) is 0 Å². The normalized spacial score (nSPS) is 11.5. The van der Waals surface area contributed by atoms with Gasteiger partial charge in [-0.15, -0.1) is 11.6 Å². The highest BCUT2D eigenvalue weighted by Crippen LogP contribution is 2.14. The van der Waals surface area contributed by atoms with Gasteiger partial charge >= 0.3 is 0 Å². The van der Waals surface area contributed by atoms with Crippen LogP contribution in [0, 0.1) is 0 Å². The van der Waals surface area contributed by atoms with Gasteiger partial charge in [-0.2, -0.15) is 0 Å². The average Bonchev–Trinajstić information content (AvgIpc) is 2.47. The molecule has 0 heterocycles. The Morgan fingerprint density at radius 1 is 0.591 bits per heavy atom. The summed E-state index contributed by atoms with van der Waals surface area (Å²) in [6, 6.07) is 0. The third-order valence-electron chi connectivity index (χ3n) is 4.68. The van der Waals surface area contributed by atoms with Crippen molar-refractivity contribution in [1.82, 2.24) is 0 Å². The van der Waals surface area contributed by atoms with Crippen LogP contribution in [0.15, 0.2) is 0 Å². The zero-order valence-corrected chi connectivity index (χ0v) is 18.4. The molecule has 22 heavy (non-hydrogen) atoms. The molecule has 0 saturated heterocycles. The summed E-state index contributed by atoms with van der Waals surface area (Å²) in [5.74, 6) is 0.826. The minimum Gasteiger partial charge on any atom is -1.00 e. The number of hydrogen-bond acceptors (Lipinski definition) is 0. The molecule has 0 aliphatic carbocycles. The molecule has 3 heteroatoms. The van der Waals surface area contributed by atoms with Crippen LogP contribution < -0.4 is 24.0 Å². The molecule has 0 spiro atoms. The zero-order chi connectivity index (χ0) is 15.8. The van der Waals surface area contributed by atoms with Crippen LogP contribution >= 0.6 is 11.6 Å². The first-order valence-electron chi connectivity index (χ1n) is 9.58. The van der Waals surface area contributed by atoms with E-state index in [1.165, 1.54) is 101 Å². The fraction of sp³-hybridized carbons (Fsp3) is 1.00. The Bertz CT molecular complexity index is 198. The maximum absolute atomic E-state index is 5.85. The lowest BCUT2D eigenvalue weighted by molar-refractivity contribution is -0.910. The lowest BCUT2D eigenvalue weighted by atomic mass is 10.1. The maximum Gasteiger partial charge on any atom is 0.0784 e. The van der Waals surface area contributed by atoms with Crippen molar-refractivity contribution in [2.45, 2.75) is 90.9 Å². The van der Waals surface area contributed by atoms with E-state index in [0.29, 0.717) is 0 Å². The van der Waals surface area contributed by atoms with Gasteiger partial charge in [0, 0.05) is 5.88 Å². The molecular formula is C19H41ClIN. The Balaban J connectivity index is 0. The molecule has 0 rings (SSSR count). The fourth-order valence-corrected chi connectivity index (χ4v) is 3.31. The molecule has 0 atom stereocenters. The summed E-state index contributed by atoms with van der Waals surface area (Å²) in [6.45, 7) is 8.67. The van der Waals surface area contributed by atoms with Crippen molar-refractivity contribution in [2.75, 3.05) is 32.6 Å². The smallest absolute Gasteiger partial charge is 0.0784 e. The molecule has 0 amide bonds. The summed E-state index contributed by atoms with van der Waals surface area (Å²) in [5.41, 5.74) is 0.